The number of ether oxygens (including phenoxy) is 2. The van der Waals surface area contributed by atoms with Crippen LogP contribution in [-0.4, -0.2) is 41.9 Å². The van der Waals surface area contributed by atoms with Crippen LogP contribution in [0.25, 0.3) is 11.3 Å². The lowest BCUT2D eigenvalue weighted by Gasteiger charge is -2.25. The largest absolute Gasteiger partial charge is 0.494 e. The van der Waals surface area contributed by atoms with Gasteiger partial charge in [0, 0.05) is 32.0 Å². The Morgan fingerprint density at radius 3 is 2.68 bits per heavy atom. The van der Waals surface area contributed by atoms with E-state index in [1.54, 1.807) is 13.3 Å². The maximum Gasteiger partial charge on any atom is 0.170 e. The van der Waals surface area contributed by atoms with Crippen LogP contribution in [0.5, 0.6) is 5.75 Å². The third-order valence-corrected chi connectivity index (χ3v) is 5.67. The number of hydrogen-bond donors (Lipinski definition) is 1. The highest BCUT2D eigenvalue weighted by molar-refractivity contribution is 7.80. The Morgan fingerprint density at radius 2 is 1.97 bits per heavy atom. The van der Waals surface area contributed by atoms with Gasteiger partial charge in [0.25, 0.3) is 0 Å². The summed E-state index contributed by atoms with van der Waals surface area (Å²) >= 11 is 5.67. The summed E-state index contributed by atoms with van der Waals surface area (Å²) in [6, 6.07) is 17.7. The second kappa shape index (κ2) is 9.94. The molecule has 4 rings (SSSR count). The van der Waals surface area contributed by atoms with Crippen LogP contribution in [0, 0.1) is 0 Å². The summed E-state index contributed by atoms with van der Waals surface area (Å²) in [5, 5.41) is 4.15. The quantitative estimate of drug-likeness (QED) is 0.383. The molecule has 1 aliphatic heterocycles. The van der Waals surface area contributed by atoms with Crippen molar-refractivity contribution in [3.63, 3.8) is 0 Å². The molecule has 1 fully saturated rings. The van der Waals surface area contributed by atoms with E-state index in [0.717, 1.165) is 41.5 Å². The van der Waals surface area contributed by atoms with Gasteiger partial charge in [-0.05, 0) is 74.1 Å². The minimum Gasteiger partial charge on any atom is -0.494 e. The van der Waals surface area contributed by atoms with Crippen molar-refractivity contribution in [2.75, 3.05) is 26.9 Å². The first kappa shape index (κ1) is 21.3. The fourth-order valence-electron chi connectivity index (χ4n) is 3.88. The number of benzene rings is 1. The van der Waals surface area contributed by atoms with Gasteiger partial charge in [-0.15, -0.1) is 0 Å². The van der Waals surface area contributed by atoms with Crippen LogP contribution >= 0.6 is 12.2 Å². The molecule has 31 heavy (non-hydrogen) atoms. The van der Waals surface area contributed by atoms with Crippen molar-refractivity contribution in [2.24, 2.45) is 0 Å². The molecule has 1 saturated heterocycles. The van der Waals surface area contributed by atoms with Crippen LogP contribution in [0.4, 0.5) is 0 Å². The predicted molar refractivity (Wildman–Crippen MR) is 124 cm³/mol. The van der Waals surface area contributed by atoms with Gasteiger partial charge >= 0.3 is 0 Å². The second-order valence-corrected chi connectivity index (χ2v) is 7.71. The molecular weight excluding hydrogens is 410 g/mol. The highest BCUT2D eigenvalue weighted by Gasteiger charge is 2.41. The Bertz CT molecular complexity index is 991. The average molecular weight is 438 g/mol. The molecule has 3 aromatic rings. The molecule has 3 heterocycles. The number of nitrogens with zero attached hydrogens (tertiary/aromatic N) is 2. The lowest BCUT2D eigenvalue weighted by Crippen LogP contribution is -2.31. The first-order valence-corrected chi connectivity index (χ1v) is 10.9. The minimum atomic E-state index is -0.0874. The Morgan fingerprint density at radius 1 is 1.13 bits per heavy atom. The SMILES string of the molecule is CCOc1ccc(-c2ccc([C@H]3[C@H](c4ccccn4)NC(=S)N3CCCOC)o2)cc1. The molecule has 0 radical (unpaired) electrons. The van der Waals surface area contributed by atoms with Gasteiger partial charge in [-0.3, -0.25) is 4.98 Å². The number of furan rings is 1. The fraction of sp³-hybridized carbons (Fsp3) is 0.333. The lowest BCUT2D eigenvalue weighted by molar-refractivity contribution is 0.177. The summed E-state index contributed by atoms with van der Waals surface area (Å²) < 4.78 is 17.1. The van der Waals surface area contributed by atoms with Crippen molar-refractivity contribution >= 4 is 17.3 Å². The van der Waals surface area contributed by atoms with E-state index in [1.165, 1.54) is 0 Å². The zero-order chi connectivity index (χ0) is 21.6. The zero-order valence-electron chi connectivity index (χ0n) is 17.8. The Balaban J connectivity index is 1.63. The Labute approximate surface area is 188 Å². The van der Waals surface area contributed by atoms with E-state index in [-0.39, 0.29) is 12.1 Å². The van der Waals surface area contributed by atoms with Crippen LogP contribution < -0.4 is 10.1 Å². The molecule has 162 valence electrons. The Kier molecular flexibility index (Phi) is 6.84. The fourth-order valence-corrected chi connectivity index (χ4v) is 4.22. The molecule has 0 saturated carbocycles. The minimum absolute atomic E-state index is 0.0873. The highest BCUT2D eigenvalue weighted by Crippen LogP contribution is 2.40. The van der Waals surface area contributed by atoms with E-state index in [2.05, 4.69) is 15.2 Å². The molecule has 0 aliphatic carbocycles. The summed E-state index contributed by atoms with van der Waals surface area (Å²) in [6.07, 6.45) is 2.68. The predicted octanol–water partition coefficient (Wildman–Crippen LogP) is 4.75. The maximum absolute atomic E-state index is 6.35. The molecule has 0 unspecified atom stereocenters. The third kappa shape index (κ3) is 4.73. The van der Waals surface area contributed by atoms with Gasteiger partial charge in [0.05, 0.1) is 18.3 Å². The molecule has 2 aromatic heterocycles. The third-order valence-electron chi connectivity index (χ3n) is 5.31. The normalized spacial score (nSPS) is 18.3. The van der Waals surface area contributed by atoms with Gasteiger partial charge in [0.1, 0.15) is 23.3 Å². The average Bonchev–Trinajstić information content (AvgIpc) is 3.40. The molecule has 1 N–H and O–H groups in total. The van der Waals surface area contributed by atoms with E-state index in [0.29, 0.717) is 18.3 Å². The molecule has 6 nitrogen and oxygen atoms in total. The molecule has 0 bridgehead atoms. The summed E-state index contributed by atoms with van der Waals surface area (Å²) in [5.41, 5.74) is 1.94. The van der Waals surface area contributed by atoms with Crippen LogP contribution in [0.2, 0.25) is 0 Å². The first-order valence-electron chi connectivity index (χ1n) is 10.5. The van der Waals surface area contributed by atoms with E-state index < -0.39 is 0 Å². The van der Waals surface area contributed by atoms with Gasteiger partial charge in [-0.2, -0.15) is 0 Å². The molecule has 1 aromatic carbocycles. The summed E-state index contributed by atoms with van der Waals surface area (Å²) in [5.74, 6) is 2.51. The zero-order valence-corrected chi connectivity index (χ0v) is 18.6. The monoisotopic (exact) mass is 437 g/mol. The van der Waals surface area contributed by atoms with E-state index >= 15 is 0 Å². The van der Waals surface area contributed by atoms with Crippen LogP contribution in [0.1, 0.15) is 36.9 Å². The summed E-state index contributed by atoms with van der Waals surface area (Å²) in [6.45, 7) is 4.07. The number of pyridine rings is 1. The second-order valence-electron chi connectivity index (χ2n) is 7.33. The van der Waals surface area contributed by atoms with Crippen LogP contribution in [0.15, 0.2) is 65.2 Å². The number of methoxy groups -OCH3 is 1. The van der Waals surface area contributed by atoms with E-state index in [9.17, 15) is 0 Å². The van der Waals surface area contributed by atoms with Crippen molar-refractivity contribution in [3.8, 4) is 17.1 Å². The van der Waals surface area contributed by atoms with Crippen molar-refractivity contribution < 1.29 is 13.9 Å². The molecule has 7 heteroatoms. The number of thiocarbonyl (C=S) groups is 1. The smallest absolute Gasteiger partial charge is 0.170 e. The van der Waals surface area contributed by atoms with Crippen molar-refractivity contribution in [3.05, 3.63) is 72.2 Å². The standard InChI is InChI=1S/C24H27N3O3S/c1-3-29-18-10-8-17(9-11-18)20-12-13-21(30-20)23-22(19-7-4-5-14-25-19)26-24(31)27(23)15-6-16-28-2/h4-5,7-14,22-23H,3,6,15-16H2,1-2H3,(H,26,31)/t22-,23-/m0/s1. The van der Waals surface area contributed by atoms with Crippen molar-refractivity contribution in [1.82, 2.24) is 15.2 Å². The van der Waals surface area contributed by atoms with Gasteiger partial charge < -0.3 is 24.1 Å². The number of nitrogens with one attached hydrogen (secondary N) is 1. The van der Waals surface area contributed by atoms with Crippen molar-refractivity contribution in [1.29, 1.82) is 0 Å². The van der Waals surface area contributed by atoms with Gasteiger partial charge in [-0.1, -0.05) is 6.07 Å². The van der Waals surface area contributed by atoms with E-state index in [1.807, 2.05) is 61.5 Å². The molecule has 0 spiro atoms. The Hall–Kier alpha value is -2.90. The molecule has 1 aliphatic rings. The number of aromatic nitrogens is 1. The van der Waals surface area contributed by atoms with Crippen molar-refractivity contribution in [2.45, 2.75) is 25.4 Å². The molecule has 2 atom stereocenters. The number of rotatable bonds is 9. The van der Waals surface area contributed by atoms with E-state index in [4.69, 9.17) is 26.1 Å². The maximum atomic E-state index is 6.35. The highest BCUT2D eigenvalue weighted by atomic mass is 32.1. The van der Waals surface area contributed by atoms with Gasteiger partial charge in [0.15, 0.2) is 5.11 Å². The lowest BCUT2D eigenvalue weighted by atomic mass is 10.0. The van der Waals surface area contributed by atoms with Crippen LogP contribution in [-0.2, 0) is 4.74 Å². The van der Waals surface area contributed by atoms with Gasteiger partial charge in [0.2, 0.25) is 0 Å². The number of hydrogen-bond acceptors (Lipinski definition) is 5. The van der Waals surface area contributed by atoms with Crippen LogP contribution in [0.3, 0.4) is 0 Å². The molecule has 0 amide bonds. The summed E-state index contributed by atoms with van der Waals surface area (Å²) in [7, 11) is 1.71. The van der Waals surface area contributed by atoms with Gasteiger partial charge in [-0.25, -0.2) is 0 Å². The summed E-state index contributed by atoms with van der Waals surface area (Å²) in [4.78, 5) is 6.74. The topological polar surface area (TPSA) is 59.8 Å². The first-order chi connectivity index (χ1) is 15.2. The molecular formula is C24H27N3O3S.